The zero-order valence-electron chi connectivity index (χ0n) is 30.3. The molecule has 0 aromatic carbocycles. The Balaban J connectivity index is 1.48. The van der Waals surface area contributed by atoms with E-state index in [1.54, 1.807) is 40.7 Å². The molecular formula is C38H48O12. The number of ether oxygens (including phenoxy) is 7. The molecule has 4 aliphatic carbocycles. The number of fused-ring (bicyclic) bond motifs is 3. The fourth-order valence-corrected chi connectivity index (χ4v) is 12.5. The largest absolute Gasteiger partial charge is 0.488 e. The average Bonchev–Trinajstić information content (AvgIpc) is 3.74. The number of methoxy groups -OCH3 is 1. The molecule has 7 fully saturated rings. The first kappa shape index (κ1) is 33.9. The minimum atomic E-state index is -1.81. The summed E-state index contributed by atoms with van der Waals surface area (Å²) < 4.78 is 52.7. The molecule has 50 heavy (non-hydrogen) atoms. The van der Waals surface area contributed by atoms with E-state index in [4.69, 9.17) is 37.6 Å². The lowest BCUT2D eigenvalue weighted by atomic mass is 9.33. The molecule has 0 N–H and O–H groups in total. The van der Waals surface area contributed by atoms with Gasteiger partial charge in [-0.15, -0.1) is 0 Å². The number of hydrogen-bond acceptors (Lipinski definition) is 12. The van der Waals surface area contributed by atoms with E-state index in [9.17, 15) is 19.2 Å². The molecule has 4 heterocycles. The Morgan fingerprint density at radius 1 is 0.960 bits per heavy atom. The normalized spacial score (nSPS) is 48.7. The summed E-state index contributed by atoms with van der Waals surface area (Å²) in [7, 11) is 1.34. The minimum absolute atomic E-state index is 0.0510. The van der Waals surface area contributed by atoms with E-state index in [0.717, 1.165) is 0 Å². The van der Waals surface area contributed by atoms with Crippen LogP contribution in [0.5, 0.6) is 0 Å². The van der Waals surface area contributed by atoms with Crippen molar-refractivity contribution in [3.8, 4) is 0 Å². The molecule has 8 rings (SSSR count). The summed E-state index contributed by atoms with van der Waals surface area (Å²) in [5, 5.41) is 0. The van der Waals surface area contributed by atoms with Crippen molar-refractivity contribution in [1.29, 1.82) is 0 Å². The summed E-state index contributed by atoms with van der Waals surface area (Å²) in [5.74, 6) is -5.26. The van der Waals surface area contributed by atoms with Crippen molar-refractivity contribution >= 4 is 23.7 Å². The molecule has 0 radical (unpaired) electrons. The van der Waals surface area contributed by atoms with Gasteiger partial charge in [-0.1, -0.05) is 55.0 Å². The Morgan fingerprint density at radius 2 is 1.64 bits per heavy atom. The standard InChI is InChI=1S/C38H48O12/c1-19(2)27(41)46-29-32(7)18-36-33(8,23(32)16-25(39)43-10)35-13-12-31(6,26(40)22-11-14-44-17-22)24-15-21(5)45-30(38(29,36)47-28(42)20(3)4)37(24,35)50-34(9,48-35)49-36/h11,14,17,19-20,23-24,29-30H,5,12-13,15-16,18H2,1-4,6-10H3. The van der Waals surface area contributed by atoms with E-state index in [2.05, 4.69) is 6.58 Å². The number of Topliss-reactive ketones (excluding diaryl/α,β-unsaturated/α-hetero) is 1. The third kappa shape index (κ3) is 3.36. The molecule has 12 unspecified atom stereocenters. The molecule has 3 saturated heterocycles. The molecule has 1 aromatic rings. The first-order chi connectivity index (χ1) is 23.3. The van der Waals surface area contributed by atoms with Crippen molar-refractivity contribution < 1.29 is 56.8 Å². The molecule has 1 aromatic heterocycles. The van der Waals surface area contributed by atoms with Crippen molar-refractivity contribution in [2.24, 2.45) is 39.9 Å². The molecule has 4 bridgehead atoms. The minimum Gasteiger partial charge on any atom is -0.488 e. The van der Waals surface area contributed by atoms with Gasteiger partial charge in [0, 0.05) is 41.9 Å². The number of furan rings is 1. The Labute approximate surface area is 291 Å². The lowest BCUT2D eigenvalue weighted by Gasteiger charge is -2.77. The van der Waals surface area contributed by atoms with Gasteiger partial charge in [-0.25, -0.2) is 0 Å². The van der Waals surface area contributed by atoms with E-state index >= 15 is 0 Å². The maximum Gasteiger partial charge on any atom is 0.309 e. The van der Waals surface area contributed by atoms with Crippen molar-refractivity contribution in [2.45, 2.75) is 128 Å². The highest BCUT2D eigenvalue weighted by Gasteiger charge is 3.05. The van der Waals surface area contributed by atoms with Crippen molar-refractivity contribution in [1.82, 2.24) is 0 Å². The Hall–Kier alpha value is -3.22. The van der Waals surface area contributed by atoms with Gasteiger partial charge in [0.15, 0.2) is 18.0 Å². The zero-order chi connectivity index (χ0) is 36.2. The number of carbonyl (C=O) groups is 4. The van der Waals surface area contributed by atoms with Gasteiger partial charge in [0.1, 0.15) is 23.1 Å². The maximum atomic E-state index is 14.7. The van der Waals surface area contributed by atoms with Gasteiger partial charge in [0.25, 0.3) is 5.97 Å². The highest BCUT2D eigenvalue weighted by molar-refractivity contribution is 6.00. The molecule has 12 heteroatoms. The summed E-state index contributed by atoms with van der Waals surface area (Å²) in [5.41, 5.74) is -8.74. The zero-order valence-corrected chi connectivity index (χ0v) is 30.3. The van der Waals surface area contributed by atoms with Crippen LogP contribution >= 0.6 is 0 Å². The number of rotatable bonds is 8. The third-order valence-corrected chi connectivity index (χ3v) is 14.3. The fraction of sp³-hybridized carbons (Fsp3) is 0.737. The van der Waals surface area contributed by atoms with E-state index < -0.39 is 98.4 Å². The number of ketones is 1. The molecule has 4 saturated carbocycles. The van der Waals surface area contributed by atoms with Crippen LogP contribution < -0.4 is 0 Å². The smallest absolute Gasteiger partial charge is 0.309 e. The lowest BCUT2D eigenvalue weighted by Crippen LogP contribution is -2.94. The van der Waals surface area contributed by atoms with Gasteiger partial charge < -0.3 is 37.6 Å². The monoisotopic (exact) mass is 696 g/mol. The molecule has 12 atom stereocenters. The van der Waals surface area contributed by atoms with Gasteiger partial charge in [0.05, 0.1) is 36.5 Å². The second-order valence-corrected chi connectivity index (χ2v) is 17.2. The van der Waals surface area contributed by atoms with Crippen molar-refractivity contribution in [3.63, 3.8) is 0 Å². The van der Waals surface area contributed by atoms with Crippen molar-refractivity contribution in [2.75, 3.05) is 7.11 Å². The van der Waals surface area contributed by atoms with Crippen LogP contribution in [0.1, 0.15) is 97.9 Å². The highest BCUT2D eigenvalue weighted by Crippen LogP contribution is 2.90. The second kappa shape index (κ2) is 9.80. The molecule has 0 amide bonds. The molecule has 7 aliphatic rings. The summed E-state index contributed by atoms with van der Waals surface area (Å²) in [6.07, 6.45) is 1.74. The second-order valence-electron chi connectivity index (χ2n) is 17.2. The van der Waals surface area contributed by atoms with Crippen LogP contribution in [-0.4, -0.2) is 71.4 Å². The van der Waals surface area contributed by atoms with E-state index in [1.807, 2.05) is 20.8 Å². The predicted octanol–water partition coefficient (Wildman–Crippen LogP) is 5.28. The summed E-state index contributed by atoms with van der Waals surface area (Å²) in [4.78, 5) is 56.1. The van der Waals surface area contributed by atoms with Crippen LogP contribution in [0.2, 0.25) is 0 Å². The van der Waals surface area contributed by atoms with E-state index in [1.165, 1.54) is 19.6 Å². The third-order valence-electron chi connectivity index (χ3n) is 14.3. The molecule has 3 aliphatic heterocycles. The fourth-order valence-electron chi connectivity index (χ4n) is 12.5. The van der Waals surface area contributed by atoms with Gasteiger partial charge in [-0.3, -0.25) is 19.2 Å². The van der Waals surface area contributed by atoms with Gasteiger partial charge in [0.2, 0.25) is 5.60 Å². The Bertz CT molecular complexity index is 1720. The lowest BCUT2D eigenvalue weighted by molar-refractivity contribution is -0.478. The first-order valence-electron chi connectivity index (χ1n) is 17.8. The Kier molecular flexibility index (Phi) is 6.64. The average molecular weight is 697 g/mol. The first-order valence-corrected chi connectivity index (χ1v) is 17.8. The summed E-state index contributed by atoms with van der Waals surface area (Å²) >= 11 is 0. The quantitative estimate of drug-likeness (QED) is 0.198. The number of allylic oxidation sites excluding steroid dienone is 1. The van der Waals surface area contributed by atoms with Crippen molar-refractivity contribution in [3.05, 3.63) is 36.5 Å². The van der Waals surface area contributed by atoms with Crippen LogP contribution in [0.25, 0.3) is 0 Å². The SMILES string of the molecule is C=C1CC2C(C)(C(=O)c3ccoc3)CCC34OC5(C)OC23C(O1)C1(OC(=O)C(C)C)C(OC(=O)C(C)C)C2(C)CC1(O5)C4(C)C2CC(=O)OC. The number of hydrogen-bond donors (Lipinski definition) is 0. The van der Waals surface area contributed by atoms with Crippen LogP contribution in [0.3, 0.4) is 0 Å². The maximum absolute atomic E-state index is 14.7. The van der Waals surface area contributed by atoms with Crippen LogP contribution in [0.4, 0.5) is 0 Å². The Morgan fingerprint density at radius 3 is 2.26 bits per heavy atom. The van der Waals surface area contributed by atoms with E-state index in [0.29, 0.717) is 24.2 Å². The highest BCUT2D eigenvalue weighted by atomic mass is 16.9. The molecule has 272 valence electrons. The van der Waals surface area contributed by atoms with Gasteiger partial charge in [-0.05, 0) is 31.2 Å². The van der Waals surface area contributed by atoms with Crippen LogP contribution in [0.15, 0.2) is 35.3 Å². The van der Waals surface area contributed by atoms with Gasteiger partial charge >= 0.3 is 17.9 Å². The predicted molar refractivity (Wildman–Crippen MR) is 172 cm³/mol. The van der Waals surface area contributed by atoms with E-state index in [-0.39, 0.29) is 25.0 Å². The molecular weight excluding hydrogens is 648 g/mol. The van der Waals surface area contributed by atoms with Crippen LogP contribution in [-0.2, 0) is 47.5 Å². The number of carbonyl (C=O) groups excluding carboxylic acids is 4. The van der Waals surface area contributed by atoms with Crippen LogP contribution in [0, 0.1) is 39.9 Å². The number of esters is 3. The summed E-state index contributed by atoms with van der Waals surface area (Å²) in [6, 6.07) is 1.65. The molecule has 12 nitrogen and oxygen atoms in total. The molecule has 3 spiro atoms. The topological polar surface area (TPSA) is 146 Å². The van der Waals surface area contributed by atoms with Gasteiger partial charge in [-0.2, -0.15) is 0 Å². The summed E-state index contributed by atoms with van der Waals surface area (Å²) in [6.45, 7) is 18.9.